The number of aromatic nitrogens is 2. The lowest BCUT2D eigenvalue weighted by molar-refractivity contribution is -0.0848. The van der Waals surface area contributed by atoms with Gasteiger partial charge in [-0.2, -0.15) is 0 Å². The van der Waals surface area contributed by atoms with E-state index >= 15 is 0 Å². The first kappa shape index (κ1) is 10.2. The number of fused-ring (bicyclic) bond motifs is 1. The third-order valence-corrected chi connectivity index (χ3v) is 3.85. The van der Waals surface area contributed by atoms with Crippen LogP contribution >= 0.6 is 0 Å². The Bertz CT molecular complexity index is 421. The van der Waals surface area contributed by atoms with Crippen LogP contribution in [0.25, 0.3) is 0 Å². The van der Waals surface area contributed by atoms with Crippen molar-refractivity contribution in [3.63, 3.8) is 0 Å². The van der Waals surface area contributed by atoms with Crippen LogP contribution in [0.5, 0.6) is 0 Å². The van der Waals surface area contributed by atoms with Crippen LogP contribution in [0.4, 0.5) is 0 Å². The molecule has 2 heterocycles. The minimum atomic E-state index is -0.192. The van der Waals surface area contributed by atoms with Crippen LogP contribution in [-0.4, -0.2) is 17.1 Å². The third kappa shape index (κ3) is 1.30. The number of nitrogens with zero attached hydrogens (tertiary/aromatic N) is 2. The van der Waals surface area contributed by atoms with Crippen LogP contribution in [0, 0.1) is 6.92 Å². The highest BCUT2D eigenvalue weighted by atomic mass is 16.5. The van der Waals surface area contributed by atoms with E-state index in [1.165, 1.54) is 12.0 Å². The Labute approximate surface area is 95.4 Å². The molecule has 4 heteroatoms. The van der Waals surface area contributed by atoms with Crippen LogP contribution < -0.4 is 5.32 Å². The predicted molar refractivity (Wildman–Crippen MR) is 59.9 cm³/mol. The lowest BCUT2D eigenvalue weighted by Gasteiger charge is -2.39. The van der Waals surface area contributed by atoms with E-state index in [0.717, 1.165) is 43.1 Å². The molecule has 1 saturated carbocycles. The van der Waals surface area contributed by atoms with Crippen molar-refractivity contribution >= 4 is 0 Å². The molecule has 1 aliphatic heterocycles. The number of aryl methyl sites for hydroxylation is 1. The monoisotopic (exact) mass is 219 g/mol. The second kappa shape index (κ2) is 3.50. The van der Waals surface area contributed by atoms with Crippen LogP contribution in [-0.2, 0) is 23.4 Å². The lowest BCUT2D eigenvalue weighted by atomic mass is 9.79. The van der Waals surface area contributed by atoms with Crippen molar-refractivity contribution in [1.29, 1.82) is 0 Å². The molecule has 0 bridgehead atoms. The molecule has 0 atom stereocenters. The fraction of sp³-hybridized carbons (Fsp3) is 0.667. The molecule has 0 saturated heterocycles. The Morgan fingerprint density at radius 3 is 2.69 bits per heavy atom. The topological polar surface area (TPSA) is 47.0 Å². The SMILES string of the molecule is COC1(c2nc(C)c3c(n2)CNC3)CCC1. The fourth-order valence-electron chi connectivity index (χ4n) is 2.56. The quantitative estimate of drug-likeness (QED) is 0.817. The number of methoxy groups -OCH3 is 1. The minimum Gasteiger partial charge on any atom is -0.370 e. The summed E-state index contributed by atoms with van der Waals surface area (Å²) in [5.41, 5.74) is 3.34. The largest absolute Gasteiger partial charge is 0.370 e. The van der Waals surface area contributed by atoms with E-state index in [1.807, 2.05) is 0 Å². The molecule has 3 rings (SSSR count). The first-order valence-electron chi connectivity index (χ1n) is 5.88. The van der Waals surface area contributed by atoms with E-state index in [-0.39, 0.29) is 5.60 Å². The van der Waals surface area contributed by atoms with Crippen LogP contribution in [0.2, 0.25) is 0 Å². The second-order valence-electron chi connectivity index (χ2n) is 4.71. The van der Waals surface area contributed by atoms with Gasteiger partial charge in [0.15, 0.2) is 5.82 Å². The fourth-order valence-corrected chi connectivity index (χ4v) is 2.56. The van der Waals surface area contributed by atoms with Crippen molar-refractivity contribution in [2.45, 2.75) is 44.9 Å². The number of ether oxygens (including phenoxy) is 1. The highest BCUT2D eigenvalue weighted by Crippen LogP contribution is 2.43. The Balaban J connectivity index is 2.05. The normalized spacial score (nSPS) is 21.6. The van der Waals surface area contributed by atoms with Crippen molar-refractivity contribution in [1.82, 2.24) is 15.3 Å². The molecule has 86 valence electrons. The molecule has 0 radical (unpaired) electrons. The average molecular weight is 219 g/mol. The number of hydrogen-bond acceptors (Lipinski definition) is 4. The maximum Gasteiger partial charge on any atom is 0.160 e. The highest BCUT2D eigenvalue weighted by molar-refractivity contribution is 5.30. The molecule has 1 fully saturated rings. The van der Waals surface area contributed by atoms with Crippen LogP contribution in [0.3, 0.4) is 0 Å². The molecule has 0 unspecified atom stereocenters. The van der Waals surface area contributed by atoms with Gasteiger partial charge in [-0.05, 0) is 26.2 Å². The second-order valence-corrected chi connectivity index (χ2v) is 4.71. The number of nitrogens with one attached hydrogen (secondary N) is 1. The van der Waals surface area contributed by atoms with Gasteiger partial charge in [-0.3, -0.25) is 0 Å². The van der Waals surface area contributed by atoms with E-state index in [4.69, 9.17) is 4.74 Å². The Morgan fingerprint density at radius 2 is 2.06 bits per heavy atom. The van der Waals surface area contributed by atoms with Gasteiger partial charge in [0, 0.05) is 31.5 Å². The van der Waals surface area contributed by atoms with E-state index in [0.29, 0.717) is 0 Å². The average Bonchev–Trinajstić information content (AvgIpc) is 2.65. The molecule has 1 aromatic rings. The molecule has 0 aromatic carbocycles. The highest BCUT2D eigenvalue weighted by Gasteiger charge is 2.42. The van der Waals surface area contributed by atoms with E-state index in [9.17, 15) is 0 Å². The van der Waals surface area contributed by atoms with E-state index < -0.39 is 0 Å². The molecule has 2 aliphatic rings. The van der Waals surface area contributed by atoms with Crippen LogP contribution in [0.1, 0.15) is 42.0 Å². The summed E-state index contributed by atoms with van der Waals surface area (Å²) < 4.78 is 5.63. The van der Waals surface area contributed by atoms with Gasteiger partial charge in [-0.25, -0.2) is 9.97 Å². The van der Waals surface area contributed by atoms with Gasteiger partial charge in [0.2, 0.25) is 0 Å². The standard InChI is InChI=1S/C12H17N3O/c1-8-9-6-13-7-10(9)15-11(14-8)12(16-2)4-3-5-12/h13H,3-7H2,1-2H3. The zero-order valence-electron chi connectivity index (χ0n) is 9.84. The van der Waals surface area contributed by atoms with Gasteiger partial charge in [0.25, 0.3) is 0 Å². The van der Waals surface area contributed by atoms with Gasteiger partial charge >= 0.3 is 0 Å². The maximum absolute atomic E-state index is 5.63. The third-order valence-electron chi connectivity index (χ3n) is 3.85. The zero-order valence-corrected chi connectivity index (χ0v) is 9.84. The van der Waals surface area contributed by atoms with E-state index in [2.05, 4.69) is 22.2 Å². The molecule has 1 N–H and O–H groups in total. The smallest absolute Gasteiger partial charge is 0.160 e. The Morgan fingerprint density at radius 1 is 1.25 bits per heavy atom. The zero-order chi connectivity index (χ0) is 11.2. The molecule has 0 spiro atoms. The van der Waals surface area contributed by atoms with Gasteiger partial charge in [0.05, 0.1) is 5.69 Å². The van der Waals surface area contributed by atoms with Crippen molar-refractivity contribution < 1.29 is 4.74 Å². The summed E-state index contributed by atoms with van der Waals surface area (Å²) in [5, 5.41) is 3.32. The number of rotatable bonds is 2. The molecule has 1 aliphatic carbocycles. The number of hydrogen-bond donors (Lipinski definition) is 1. The minimum absolute atomic E-state index is 0.192. The summed E-state index contributed by atoms with van der Waals surface area (Å²) in [6, 6.07) is 0. The summed E-state index contributed by atoms with van der Waals surface area (Å²) in [6.45, 7) is 3.84. The summed E-state index contributed by atoms with van der Waals surface area (Å²) >= 11 is 0. The van der Waals surface area contributed by atoms with Gasteiger partial charge in [-0.1, -0.05) is 0 Å². The van der Waals surface area contributed by atoms with Crippen LogP contribution in [0.15, 0.2) is 0 Å². The first-order chi connectivity index (χ1) is 7.75. The molecule has 4 nitrogen and oxygen atoms in total. The predicted octanol–water partition coefficient (Wildman–Crippen LogP) is 1.41. The molecule has 16 heavy (non-hydrogen) atoms. The lowest BCUT2D eigenvalue weighted by Crippen LogP contribution is -2.38. The maximum atomic E-state index is 5.63. The van der Waals surface area contributed by atoms with Gasteiger partial charge in [-0.15, -0.1) is 0 Å². The Kier molecular flexibility index (Phi) is 2.23. The molecular formula is C12H17N3O. The first-order valence-corrected chi connectivity index (χ1v) is 5.88. The van der Waals surface area contributed by atoms with Gasteiger partial charge < -0.3 is 10.1 Å². The van der Waals surface area contributed by atoms with Crippen molar-refractivity contribution in [2.75, 3.05) is 7.11 Å². The summed E-state index contributed by atoms with van der Waals surface area (Å²) in [5.74, 6) is 0.890. The summed E-state index contributed by atoms with van der Waals surface area (Å²) in [7, 11) is 1.77. The van der Waals surface area contributed by atoms with E-state index in [1.54, 1.807) is 7.11 Å². The van der Waals surface area contributed by atoms with Gasteiger partial charge in [0.1, 0.15) is 5.60 Å². The molecule has 1 aromatic heterocycles. The molecular weight excluding hydrogens is 202 g/mol. The summed E-state index contributed by atoms with van der Waals surface area (Å²) in [6.07, 6.45) is 3.32. The summed E-state index contributed by atoms with van der Waals surface area (Å²) in [4.78, 5) is 9.31. The molecule has 0 amide bonds. The van der Waals surface area contributed by atoms with Crippen molar-refractivity contribution in [3.8, 4) is 0 Å². The van der Waals surface area contributed by atoms with Crippen molar-refractivity contribution in [3.05, 3.63) is 22.8 Å². The Hall–Kier alpha value is -1.00. The van der Waals surface area contributed by atoms with Crippen molar-refractivity contribution in [2.24, 2.45) is 0 Å².